The third-order valence-electron chi connectivity index (χ3n) is 3.17. The van der Waals surface area contributed by atoms with Gasteiger partial charge in [-0.3, -0.25) is 4.90 Å². The first kappa shape index (κ1) is 12.9. The van der Waals surface area contributed by atoms with Gasteiger partial charge in [-0.2, -0.15) is 11.8 Å². The van der Waals surface area contributed by atoms with Crippen LogP contribution in [0.5, 0.6) is 0 Å². The van der Waals surface area contributed by atoms with Gasteiger partial charge in [0.25, 0.3) is 0 Å². The zero-order valence-electron chi connectivity index (χ0n) is 10.1. The lowest BCUT2D eigenvalue weighted by molar-refractivity contribution is 0.211. The average Bonchev–Trinajstić information content (AvgIpc) is 2.30. The molecule has 2 nitrogen and oxygen atoms in total. The monoisotopic (exact) mass is 254 g/mol. The molecule has 2 unspecified atom stereocenters. The van der Waals surface area contributed by atoms with Crippen LogP contribution in [-0.4, -0.2) is 35.5 Å². The maximum atomic E-state index is 13.2. The van der Waals surface area contributed by atoms with Gasteiger partial charge in [0.1, 0.15) is 5.82 Å². The van der Waals surface area contributed by atoms with Crippen LogP contribution in [0, 0.1) is 5.82 Å². The van der Waals surface area contributed by atoms with Crippen LogP contribution in [0.2, 0.25) is 0 Å². The molecular formula is C13H19FN2S. The molecule has 1 aromatic rings. The number of halogens is 1. The Hall–Kier alpha value is -0.580. The number of nitrogens with zero attached hydrogens (tertiary/aromatic N) is 1. The second-order valence-electron chi connectivity index (χ2n) is 4.48. The molecule has 4 heteroatoms. The predicted molar refractivity (Wildman–Crippen MR) is 71.7 cm³/mol. The number of nitrogens with two attached hydrogens (primary N) is 1. The van der Waals surface area contributed by atoms with Crippen molar-refractivity contribution in [3.63, 3.8) is 0 Å². The van der Waals surface area contributed by atoms with E-state index in [1.54, 1.807) is 12.1 Å². The Morgan fingerprint density at radius 1 is 1.59 bits per heavy atom. The van der Waals surface area contributed by atoms with Crippen LogP contribution in [-0.2, 0) is 0 Å². The maximum absolute atomic E-state index is 13.2. The Balaban J connectivity index is 2.15. The van der Waals surface area contributed by atoms with Gasteiger partial charge in [0.15, 0.2) is 0 Å². The minimum atomic E-state index is -0.180. The normalized spacial score (nSPS) is 23.6. The van der Waals surface area contributed by atoms with Crippen molar-refractivity contribution < 1.29 is 4.39 Å². The average molecular weight is 254 g/mol. The number of thioether (sulfide) groups is 1. The lowest BCUT2D eigenvalue weighted by Gasteiger charge is -2.36. The molecule has 17 heavy (non-hydrogen) atoms. The molecule has 1 aromatic carbocycles. The Kier molecular flexibility index (Phi) is 4.42. The summed E-state index contributed by atoms with van der Waals surface area (Å²) in [5, 5.41) is 0.631. The molecule has 0 radical (unpaired) electrons. The van der Waals surface area contributed by atoms with Crippen LogP contribution in [0.3, 0.4) is 0 Å². The van der Waals surface area contributed by atoms with Gasteiger partial charge in [-0.05, 0) is 17.7 Å². The van der Waals surface area contributed by atoms with E-state index in [9.17, 15) is 4.39 Å². The summed E-state index contributed by atoms with van der Waals surface area (Å²) in [6.45, 7) is 4.84. The van der Waals surface area contributed by atoms with E-state index in [0.29, 0.717) is 11.8 Å². The fraction of sp³-hybridized carbons (Fsp3) is 0.538. The molecule has 0 aliphatic carbocycles. The van der Waals surface area contributed by atoms with Crippen molar-refractivity contribution in [2.24, 2.45) is 5.73 Å². The third-order valence-corrected chi connectivity index (χ3v) is 4.31. The standard InChI is InChI=1S/C13H19FN2S/c1-10-9-16(5-6-17-10)13(8-15)11-3-2-4-12(14)7-11/h2-4,7,10,13H,5-6,8-9,15H2,1H3. The summed E-state index contributed by atoms with van der Waals surface area (Å²) in [7, 11) is 0. The first-order chi connectivity index (χ1) is 8.20. The molecule has 2 N–H and O–H groups in total. The van der Waals surface area contributed by atoms with Crippen LogP contribution in [0.25, 0.3) is 0 Å². The molecule has 1 aliphatic rings. The summed E-state index contributed by atoms with van der Waals surface area (Å²) in [4.78, 5) is 2.37. The first-order valence-electron chi connectivity index (χ1n) is 6.02. The number of benzene rings is 1. The Morgan fingerprint density at radius 2 is 2.41 bits per heavy atom. The summed E-state index contributed by atoms with van der Waals surface area (Å²) in [6, 6.07) is 6.95. The SMILES string of the molecule is CC1CN(C(CN)c2cccc(F)c2)CCS1. The van der Waals surface area contributed by atoms with E-state index < -0.39 is 0 Å². The van der Waals surface area contributed by atoms with Crippen molar-refractivity contribution in [3.8, 4) is 0 Å². The Labute approximate surface area is 106 Å². The zero-order chi connectivity index (χ0) is 12.3. The number of rotatable bonds is 3. The lowest BCUT2D eigenvalue weighted by Crippen LogP contribution is -2.42. The molecule has 0 aromatic heterocycles. The minimum absolute atomic E-state index is 0.147. The van der Waals surface area contributed by atoms with E-state index in [1.807, 2.05) is 17.8 Å². The molecule has 2 atom stereocenters. The fourth-order valence-electron chi connectivity index (χ4n) is 2.34. The van der Waals surface area contributed by atoms with E-state index in [4.69, 9.17) is 5.73 Å². The van der Waals surface area contributed by atoms with Gasteiger partial charge in [0, 0.05) is 36.7 Å². The smallest absolute Gasteiger partial charge is 0.123 e. The van der Waals surface area contributed by atoms with Crippen molar-refractivity contribution >= 4 is 11.8 Å². The van der Waals surface area contributed by atoms with Crippen LogP contribution in [0.15, 0.2) is 24.3 Å². The van der Waals surface area contributed by atoms with Gasteiger partial charge in [-0.1, -0.05) is 19.1 Å². The fourth-order valence-corrected chi connectivity index (χ4v) is 3.38. The molecule has 0 saturated carbocycles. The van der Waals surface area contributed by atoms with Gasteiger partial charge in [0.2, 0.25) is 0 Å². The molecule has 2 rings (SSSR count). The summed E-state index contributed by atoms with van der Waals surface area (Å²) in [5.41, 5.74) is 6.85. The van der Waals surface area contributed by atoms with Crippen LogP contribution in [0.4, 0.5) is 4.39 Å². The first-order valence-corrected chi connectivity index (χ1v) is 7.06. The van der Waals surface area contributed by atoms with E-state index in [-0.39, 0.29) is 11.9 Å². The van der Waals surface area contributed by atoms with E-state index in [0.717, 1.165) is 24.4 Å². The third kappa shape index (κ3) is 3.21. The maximum Gasteiger partial charge on any atom is 0.123 e. The van der Waals surface area contributed by atoms with Crippen LogP contribution >= 0.6 is 11.8 Å². The highest BCUT2D eigenvalue weighted by molar-refractivity contribution is 7.99. The van der Waals surface area contributed by atoms with E-state index >= 15 is 0 Å². The minimum Gasteiger partial charge on any atom is -0.329 e. The molecule has 0 spiro atoms. The van der Waals surface area contributed by atoms with Crippen LogP contribution < -0.4 is 5.73 Å². The number of hydrogen-bond donors (Lipinski definition) is 1. The van der Waals surface area contributed by atoms with Crippen molar-refractivity contribution in [2.75, 3.05) is 25.4 Å². The van der Waals surface area contributed by atoms with Gasteiger partial charge in [0.05, 0.1) is 0 Å². The zero-order valence-corrected chi connectivity index (χ0v) is 10.9. The van der Waals surface area contributed by atoms with Crippen molar-refractivity contribution in [1.29, 1.82) is 0 Å². The van der Waals surface area contributed by atoms with E-state index in [2.05, 4.69) is 11.8 Å². The predicted octanol–water partition coefficient (Wildman–Crippen LogP) is 2.26. The molecule has 0 amide bonds. The van der Waals surface area contributed by atoms with Crippen molar-refractivity contribution in [3.05, 3.63) is 35.6 Å². The highest BCUT2D eigenvalue weighted by atomic mass is 32.2. The molecule has 94 valence electrons. The quantitative estimate of drug-likeness (QED) is 0.897. The second-order valence-corrected chi connectivity index (χ2v) is 6.03. The summed E-state index contributed by atoms with van der Waals surface area (Å²) >= 11 is 1.99. The lowest BCUT2D eigenvalue weighted by atomic mass is 10.0. The van der Waals surface area contributed by atoms with Gasteiger partial charge >= 0.3 is 0 Å². The van der Waals surface area contributed by atoms with Gasteiger partial charge < -0.3 is 5.73 Å². The summed E-state index contributed by atoms with van der Waals surface area (Å²) in [5.74, 6) is 0.952. The largest absolute Gasteiger partial charge is 0.329 e. The highest BCUT2D eigenvalue weighted by Crippen LogP contribution is 2.26. The van der Waals surface area contributed by atoms with Crippen LogP contribution in [0.1, 0.15) is 18.5 Å². The van der Waals surface area contributed by atoms with Crippen molar-refractivity contribution in [2.45, 2.75) is 18.2 Å². The second kappa shape index (κ2) is 5.85. The molecule has 1 heterocycles. The highest BCUT2D eigenvalue weighted by Gasteiger charge is 2.24. The van der Waals surface area contributed by atoms with Gasteiger partial charge in [-0.25, -0.2) is 4.39 Å². The Bertz CT molecular complexity index is 372. The molecule has 1 aliphatic heterocycles. The molecule has 0 bridgehead atoms. The van der Waals surface area contributed by atoms with Gasteiger partial charge in [-0.15, -0.1) is 0 Å². The topological polar surface area (TPSA) is 29.3 Å². The molecule has 1 saturated heterocycles. The van der Waals surface area contributed by atoms with E-state index in [1.165, 1.54) is 6.07 Å². The Morgan fingerprint density at radius 3 is 3.06 bits per heavy atom. The summed E-state index contributed by atoms with van der Waals surface area (Å²) in [6.07, 6.45) is 0. The molecular weight excluding hydrogens is 235 g/mol. The summed E-state index contributed by atoms with van der Waals surface area (Å²) < 4.78 is 13.2. The van der Waals surface area contributed by atoms with Crippen molar-refractivity contribution in [1.82, 2.24) is 4.90 Å². The number of hydrogen-bond acceptors (Lipinski definition) is 3. The molecule has 1 fully saturated rings.